The molecule has 1 heterocycles. The third kappa shape index (κ3) is 3.41. The molecule has 100 valence electrons. The molecule has 0 bridgehead atoms. The molecule has 1 aromatic rings. The Morgan fingerprint density at radius 3 is 2.21 bits per heavy atom. The molecule has 0 N–H and O–H groups in total. The first-order valence-corrected chi connectivity index (χ1v) is 6.42. The zero-order valence-corrected chi connectivity index (χ0v) is 12.0. The van der Waals surface area contributed by atoms with Gasteiger partial charge in [0.15, 0.2) is 5.92 Å². The second kappa shape index (κ2) is 5.13. The van der Waals surface area contributed by atoms with Crippen molar-refractivity contribution in [3.63, 3.8) is 0 Å². The number of hydrogen-bond acceptors (Lipinski definition) is 5. The molecular formula is C13H12BrNO4. The molecule has 0 radical (unpaired) electrons. The van der Waals surface area contributed by atoms with Crippen LogP contribution in [-0.2, 0) is 19.1 Å². The van der Waals surface area contributed by atoms with Gasteiger partial charge in [-0.05, 0) is 24.3 Å². The van der Waals surface area contributed by atoms with E-state index in [-0.39, 0.29) is 0 Å². The average molecular weight is 326 g/mol. The SMILES string of the molecule is CC1(C)OC(=O)C(C=Nc2ccc(Br)cc2)C(=O)O1. The smallest absolute Gasteiger partial charge is 0.329 e. The third-order valence-electron chi connectivity index (χ3n) is 2.40. The van der Waals surface area contributed by atoms with Crippen molar-refractivity contribution in [1.82, 2.24) is 0 Å². The lowest BCUT2D eigenvalue weighted by Crippen LogP contribution is -2.46. The lowest BCUT2D eigenvalue weighted by molar-refractivity contribution is -0.235. The minimum Gasteiger partial charge on any atom is -0.422 e. The zero-order valence-electron chi connectivity index (χ0n) is 10.4. The fraction of sp³-hybridized carbons (Fsp3) is 0.308. The first-order chi connectivity index (χ1) is 8.87. The van der Waals surface area contributed by atoms with Crippen LogP contribution in [0.1, 0.15) is 13.8 Å². The number of cyclic esters (lactones) is 2. The Balaban J connectivity index is 2.12. The summed E-state index contributed by atoms with van der Waals surface area (Å²) in [6.45, 7) is 3.01. The molecule has 0 spiro atoms. The third-order valence-corrected chi connectivity index (χ3v) is 2.93. The quantitative estimate of drug-likeness (QED) is 0.476. The fourth-order valence-corrected chi connectivity index (χ4v) is 1.80. The van der Waals surface area contributed by atoms with Crippen LogP contribution in [0, 0.1) is 5.92 Å². The van der Waals surface area contributed by atoms with Crippen molar-refractivity contribution in [2.24, 2.45) is 10.9 Å². The predicted molar refractivity (Wildman–Crippen MR) is 72.0 cm³/mol. The second-order valence-corrected chi connectivity index (χ2v) is 5.39. The Labute approximate surface area is 118 Å². The van der Waals surface area contributed by atoms with Gasteiger partial charge in [0.25, 0.3) is 5.79 Å². The van der Waals surface area contributed by atoms with E-state index in [1.54, 1.807) is 12.1 Å². The standard InChI is InChI=1S/C13H12BrNO4/c1-13(2)18-11(16)10(12(17)19-13)7-15-9-5-3-8(14)4-6-9/h3-7,10H,1-2H3. The van der Waals surface area contributed by atoms with E-state index < -0.39 is 23.6 Å². The number of halogens is 1. The molecule has 0 amide bonds. The van der Waals surface area contributed by atoms with Crippen LogP contribution in [0.5, 0.6) is 0 Å². The molecule has 1 aliphatic rings. The van der Waals surface area contributed by atoms with Crippen LogP contribution < -0.4 is 0 Å². The predicted octanol–water partition coefficient (Wildman–Crippen LogP) is 2.60. The van der Waals surface area contributed by atoms with Crippen molar-refractivity contribution in [2.75, 3.05) is 0 Å². The number of aliphatic imine (C=N–C) groups is 1. The molecule has 0 aromatic heterocycles. The van der Waals surface area contributed by atoms with Gasteiger partial charge < -0.3 is 9.47 Å². The van der Waals surface area contributed by atoms with Gasteiger partial charge in [-0.2, -0.15) is 0 Å². The first kappa shape index (κ1) is 13.7. The van der Waals surface area contributed by atoms with E-state index in [1.165, 1.54) is 20.1 Å². The van der Waals surface area contributed by atoms with Crippen molar-refractivity contribution >= 4 is 39.8 Å². The maximum atomic E-state index is 11.7. The van der Waals surface area contributed by atoms with Crippen molar-refractivity contribution in [2.45, 2.75) is 19.6 Å². The summed E-state index contributed by atoms with van der Waals surface area (Å²) in [7, 11) is 0. The van der Waals surface area contributed by atoms with Gasteiger partial charge in [-0.25, -0.2) is 0 Å². The Kier molecular flexibility index (Phi) is 3.71. The van der Waals surface area contributed by atoms with E-state index in [2.05, 4.69) is 20.9 Å². The van der Waals surface area contributed by atoms with E-state index in [4.69, 9.17) is 9.47 Å². The molecule has 0 unspecified atom stereocenters. The van der Waals surface area contributed by atoms with Crippen molar-refractivity contribution in [3.8, 4) is 0 Å². The summed E-state index contributed by atoms with van der Waals surface area (Å²) in [5, 5.41) is 0. The summed E-state index contributed by atoms with van der Waals surface area (Å²) < 4.78 is 10.9. The summed E-state index contributed by atoms with van der Waals surface area (Å²) in [6.07, 6.45) is 1.24. The highest BCUT2D eigenvalue weighted by Crippen LogP contribution is 2.23. The molecule has 6 heteroatoms. The Bertz CT molecular complexity index is 516. The highest BCUT2D eigenvalue weighted by molar-refractivity contribution is 9.10. The van der Waals surface area contributed by atoms with Crippen LogP contribution in [0.3, 0.4) is 0 Å². The van der Waals surface area contributed by atoms with Crippen LogP contribution >= 0.6 is 15.9 Å². The van der Waals surface area contributed by atoms with E-state index in [0.29, 0.717) is 5.69 Å². The topological polar surface area (TPSA) is 65.0 Å². The maximum Gasteiger partial charge on any atom is 0.329 e. The molecule has 5 nitrogen and oxygen atoms in total. The molecule has 0 atom stereocenters. The number of benzene rings is 1. The molecule has 1 aromatic carbocycles. The first-order valence-electron chi connectivity index (χ1n) is 5.63. The number of hydrogen-bond donors (Lipinski definition) is 0. The fourth-order valence-electron chi connectivity index (χ4n) is 1.54. The van der Waals surface area contributed by atoms with Crippen LogP contribution in [-0.4, -0.2) is 23.9 Å². The number of rotatable bonds is 2. The monoisotopic (exact) mass is 325 g/mol. The molecule has 1 saturated heterocycles. The number of esters is 2. The number of carbonyl (C=O) groups excluding carboxylic acids is 2. The van der Waals surface area contributed by atoms with Gasteiger partial charge in [-0.3, -0.25) is 14.6 Å². The highest BCUT2D eigenvalue weighted by atomic mass is 79.9. The molecule has 0 aliphatic carbocycles. The second-order valence-electron chi connectivity index (χ2n) is 4.47. The molecular weight excluding hydrogens is 314 g/mol. The van der Waals surface area contributed by atoms with Crippen LogP contribution in [0.4, 0.5) is 5.69 Å². The molecule has 1 aliphatic heterocycles. The van der Waals surface area contributed by atoms with Crippen LogP contribution in [0.2, 0.25) is 0 Å². The number of nitrogens with zero attached hydrogens (tertiary/aromatic N) is 1. The molecule has 19 heavy (non-hydrogen) atoms. The van der Waals surface area contributed by atoms with Crippen LogP contribution in [0.25, 0.3) is 0 Å². The van der Waals surface area contributed by atoms with Gasteiger partial charge in [0, 0.05) is 24.5 Å². The maximum absolute atomic E-state index is 11.7. The van der Waals surface area contributed by atoms with E-state index in [1.807, 2.05) is 12.1 Å². The Morgan fingerprint density at radius 1 is 1.16 bits per heavy atom. The summed E-state index contributed by atoms with van der Waals surface area (Å²) in [5.41, 5.74) is 0.633. The van der Waals surface area contributed by atoms with Crippen molar-refractivity contribution in [3.05, 3.63) is 28.7 Å². The van der Waals surface area contributed by atoms with Gasteiger partial charge in [0.2, 0.25) is 0 Å². The van der Waals surface area contributed by atoms with Crippen molar-refractivity contribution in [1.29, 1.82) is 0 Å². The number of carbonyl (C=O) groups is 2. The van der Waals surface area contributed by atoms with E-state index >= 15 is 0 Å². The normalized spacial score (nSPS) is 19.3. The average Bonchev–Trinajstić information content (AvgIpc) is 2.29. The highest BCUT2D eigenvalue weighted by Gasteiger charge is 2.42. The lowest BCUT2D eigenvalue weighted by atomic mass is 10.1. The minimum absolute atomic E-state index is 0.633. The summed E-state index contributed by atoms with van der Waals surface area (Å²) >= 11 is 3.30. The summed E-state index contributed by atoms with van der Waals surface area (Å²) in [6, 6.07) is 7.13. The molecule has 0 saturated carbocycles. The summed E-state index contributed by atoms with van der Waals surface area (Å²) in [5.74, 6) is -3.63. The van der Waals surface area contributed by atoms with E-state index in [9.17, 15) is 9.59 Å². The zero-order chi connectivity index (χ0) is 14.0. The number of ether oxygens (including phenoxy) is 2. The Hall–Kier alpha value is -1.69. The summed E-state index contributed by atoms with van der Waals surface area (Å²) in [4.78, 5) is 27.4. The van der Waals surface area contributed by atoms with Gasteiger partial charge in [-0.1, -0.05) is 15.9 Å². The van der Waals surface area contributed by atoms with Gasteiger partial charge in [0.05, 0.1) is 5.69 Å². The van der Waals surface area contributed by atoms with Crippen molar-refractivity contribution < 1.29 is 19.1 Å². The largest absolute Gasteiger partial charge is 0.422 e. The molecule has 2 rings (SSSR count). The van der Waals surface area contributed by atoms with Gasteiger partial charge >= 0.3 is 11.9 Å². The Morgan fingerprint density at radius 2 is 1.68 bits per heavy atom. The minimum atomic E-state index is -1.21. The van der Waals surface area contributed by atoms with Crippen LogP contribution in [0.15, 0.2) is 33.7 Å². The van der Waals surface area contributed by atoms with Gasteiger partial charge in [-0.15, -0.1) is 0 Å². The molecule has 1 fully saturated rings. The van der Waals surface area contributed by atoms with Gasteiger partial charge in [0.1, 0.15) is 0 Å². The van der Waals surface area contributed by atoms with E-state index in [0.717, 1.165) is 4.47 Å². The lowest BCUT2D eigenvalue weighted by Gasteiger charge is -2.31.